The summed E-state index contributed by atoms with van der Waals surface area (Å²) in [6.07, 6.45) is 1.68. The lowest BCUT2D eigenvalue weighted by atomic mass is 10.2. The molecule has 0 atom stereocenters. The molecule has 8 N–H and O–H groups in total. The van der Waals surface area contributed by atoms with Gasteiger partial charge in [0.25, 0.3) is 0 Å². The van der Waals surface area contributed by atoms with Gasteiger partial charge in [0.05, 0.1) is 10.6 Å². The predicted octanol–water partition coefficient (Wildman–Crippen LogP) is 0.885. The van der Waals surface area contributed by atoms with Crippen LogP contribution in [0.1, 0.15) is 4.88 Å². The number of likely N-dealkylation sites (N-methyl/N-ethyl adjacent to an activating group) is 1. The van der Waals surface area contributed by atoms with Gasteiger partial charge in [-0.2, -0.15) is 0 Å². The molecule has 20 heavy (non-hydrogen) atoms. The second-order valence-corrected chi connectivity index (χ2v) is 5.44. The molecule has 0 amide bonds. The Morgan fingerprint density at radius 3 is 2.85 bits per heavy atom. The number of nitrogens with one attached hydrogen (secondary N) is 2. The van der Waals surface area contributed by atoms with Crippen molar-refractivity contribution in [2.75, 3.05) is 18.6 Å². The summed E-state index contributed by atoms with van der Waals surface area (Å²) in [5.74, 6) is 6.11. The molecule has 0 fully saturated rings. The summed E-state index contributed by atoms with van der Waals surface area (Å²) in [5.41, 5.74) is 12.8. The van der Waals surface area contributed by atoms with Crippen molar-refractivity contribution in [1.82, 2.24) is 5.32 Å². The van der Waals surface area contributed by atoms with Crippen molar-refractivity contribution in [3.63, 3.8) is 0 Å². The maximum Gasteiger partial charge on any atom is 0.133 e. The third kappa shape index (κ3) is 2.90. The number of hydrazine groups is 1. The van der Waals surface area contributed by atoms with Gasteiger partial charge in [0.2, 0.25) is 0 Å². The molecule has 6 nitrogen and oxygen atoms in total. The molecule has 1 aromatic carbocycles. The van der Waals surface area contributed by atoms with E-state index in [1.807, 2.05) is 31.3 Å². The molecule has 2 aromatic rings. The Morgan fingerprint density at radius 1 is 1.45 bits per heavy atom. The molecule has 0 unspecified atom stereocenters. The SMILES string of the molecule is CNC/C(N)=C/N(N)c1cccc2sc(C(=N)N)cc12. The fourth-order valence-electron chi connectivity index (χ4n) is 1.90. The van der Waals surface area contributed by atoms with E-state index in [4.69, 9.17) is 22.7 Å². The van der Waals surface area contributed by atoms with Gasteiger partial charge in [-0.15, -0.1) is 11.3 Å². The van der Waals surface area contributed by atoms with Gasteiger partial charge in [-0.05, 0) is 25.2 Å². The zero-order chi connectivity index (χ0) is 14.7. The Hall–Kier alpha value is -2.09. The maximum absolute atomic E-state index is 7.52. The Kier molecular flexibility index (Phi) is 4.23. The summed E-state index contributed by atoms with van der Waals surface area (Å²) in [5, 5.41) is 12.9. The van der Waals surface area contributed by atoms with Crippen molar-refractivity contribution < 1.29 is 0 Å². The summed E-state index contributed by atoms with van der Waals surface area (Å²) >= 11 is 1.47. The van der Waals surface area contributed by atoms with E-state index in [2.05, 4.69) is 5.32 Å². The minimum Gasteiger partial charge on any atom is -0.400 e. The molecule has 0 radical (unpaired) electrons. The van der Waals surface area contributed by atoms with Crippen LogP contribution in [-0.4, -0.2) is 19.4 Å². The number of amidine groups is 1. The summed E-state index contributed by atoms with van der Waals surface area (Å²) < 4.78 is 1.03. The molecule has 1 heterocycles. The minimum atomic E-state index is 0.0611. The average Bonchev–Trinajstić information content (AvgIpc) is 2.82. The van der Waals surface area contributed by atoms with Gasteiger partial charge >= 0.3 is 0 Å². The van der Waals surface area contributed by atoms with Gasteiger partial charge in [-0.3, -0.25) is 10.4 Å². The zero-order valence-corrected chi connectivity index (χ0v) is 12.0. The van der Waals surface area contributed by atoms with Gasteiger partial charge in [0.15, 0.2) is 0 Å². The Labute approximate surface area is 121 Å². The number of hydrogen-bond donors (Lipinski definition) is 5. The van der Waals surface area contributed by atoms with Crippen LogP contribution in [0.5, 0.6) is 0 Å². The molecule has 0 saturated carbocycles. The molecule has 0 bridgehead atoms. The molecular formula is C13H18N6S. The van der Waals surface area contributed by atoms with Gasteiger partial charge in [0, 0.05) is 28.5 Å². The summed E-state index contributed by atoms with van der Waals surface area (Å²) in [4.78, 5) is 0.730. The molecule has 2 rings (SSSR count). The smallest absolute Gasteiger partial charge is 0.133 e. The third-order valence-corrected chi connectivity index (χ3v) is 3.90. The Balaban J connectivity index is 2.43. The second-order valence-electron chi connectivity index (χ2n) is 4.35. The van der Waals surface area contributed by atoms with E-state index in [1.165, 1.54) is 16.3 Å². The van der Waals surface area contributed by atoms with Gasteiger partial charge in [-0.25, -0.2) is 5.84 Å². The first kappa shape index (κ1) is 14.3. The number of anilines is 1. The summed E-state index contributed by atoms with van der Waals surface area (Å²) in [7, 11) is 1.82. The van der Waals surface area contributed by atoms with E-state index >= 15 is 0 Å². The topological polar surface area (TPSA) is 117 Å². The van der Waals surface area contributed by atoms with Crippen LogP contribution in [0.2, 0.25) is 0 Å². The zero-order valence-electron chi connectivity index (χ0n) is 11.2. The number of hydrogen-bond acceptors (Lipinski definition) is 6. The highest BCUT2D eigenvalue weighted by Crippen LogP contribution is 2.32. The van der Waals surface area contributed by atoms with Crippen LogP contribution >= 0.6 is 11.3 Å². The van der Waals surface area contributed by atoms with E-state index in [1.54, 1.807) is 6.20 Å². The van der Waals surface area contributed by atoms with Crippen LogP contribution in [0.15, 0.2) is 36.2 Å². The van der Waals surface area contributed by atoms with E-state index in [-0.39, 0.29) is 5.84 Å². The standard InChI is InChI=1S/C13H18N6S/c1-18-6-8(14)7-19(17)10-3-2-4-11-9(10)5-12(20-11)13(15)16/h2-5,7,18H,6,14,17H2,1H3,(H3,15,16)/b8-7-. The Bertz CT molecular complexity index is 660. The molecule has 106 valence electrons. The molecule has 0 spiro atoms. The van der Waals surface area contributed by atoms with E-state index < -0.39 is 0 Å². The van der Waals surface area contributed by atoms with Crippen LogP contribution in [-0.2, 0) is 0 Å². The van der Waals surface area contributed by atoms with Gasteiger partial charge < -0.3 is 16.8 Å². The molecule has 0 aliphatic carbocycles. The number of thiophene rings is 1. The first-order valence-electron chi connectivity index (χ1n) is 6.04. The van der Waals surface area contributed by atoms with Crippen molar-refractivity contribution in [3.8, 4) is 0 Å². The van der Waals surface area contributed by atoms with Crippen LogP contribution < -0.4 is 27.6 Å². The van der Waals surface area contributed by atoms with Crippen molar-refractivity contribution in [3.05, 3.63) is 41.0 Å². The largest absolute Gasteiger partial charge is 0.400 e. The van der Waals surface area contributed by atoms with Gasteiger partial charge in [0.1, 0.15) is 5.84 Å². The lowest BCUT2D eigenvalue weighted by Gasteiger charge is -2.16. The molecule has 7 heteroatoms. The number of nitrogens with two attached hydrogens (primary N) is 3. The average molecular weight is 290 g/mol. The maximum atomic E-state index is 7.52. The summed E-state index contributed by atoms with van der Waals surface area (Å²) in [6.45, 7) is 0.562. The lowest BCUT2D eigenvalue weighted by Crippen LogP contribution is -2.28. The molecular weight excluding hydrogens is 272 g/mol. The third-order valence-electron chi connectivity index (χ3n) is 2.77. The van der Waals surface area contributed by atoms with E-state index in [0.29, 0.717) is 12.2 Å². The fourth-order valence-corrected chi connectivity index (χ4v) is 2.85. The van der Waals surface area contributed by atoms with Crippen LogP contribution in [0, 0.1) is 5.41 Å². The molecule has 1 aromatic heterocycles. The Morgan fingerprint density at radius 2 is 2.20 bits per heavy atom. The molecule has 0 saturated heterocycles. The highest BCUT2D eigenvalue weighted by molar-refractivity contribution is 7.20. The number of rotatable bonds is 5. The normalized spacial score (nSPS) is 11.8. The summed E-state index contributed by atoms with van der Waals surface area (Å²) in [6, 6.07) is 7.67. The number of nitrogen functional groups attached to an aromatic ring is 1. The highest BCUT2D eigenvalue weighted by atomic mass is 32.1. The minimum absolute atomic E-state index is 0.0611. The van der Waals surface area contributed by atoms with E-state index in [9.17, 15) is 0 Å². The predicted molar refractivity (Wildman–Crippen MR) is 85.7 cm³/mol. The lowest BCUT2D eigenvalue weighted by molar-refractivity contribution is 0.860. The number of nitrogens with zero attached hydrogens (tertiary/aromatic N) is 1. The molecule has 0 aliphatic rings. The first-order chi connectivity index (χ1) is 9.52. The van der Waals surface area contributed by atoms with Crippen molar-refractivity contribution in [2.45, 2.75) is 0 Å². The number of fused-ring (bicyclic) bond motifs is 1. The number of benzene rings is 1. The monoisotopic (exact) mass is 290 g/mol. The van der Waals surface area contributed by atoms with Crippen molar-refractivity contribution >= 4 is 32.9 Å². The van der Waals surface area contributed by atoms with Gasteiger partial charge in [-0.1, -0.05) is 6.07 Å². The molecule has 0 aliphatic heterocycles. The quantitative estimate of drug-likeness (QED) is 0.242. The van der Waals surface area contributed by atoms with Crippen molar-refractivity contribution in [2.24, 2.45) is 17.3 Å². The van der Waals surface area contributed by atoms with E-state index in [0.717, 1.165) is 20.7 Å². The fraction of sp³-hybridized carbons (Fsp3) is 0.154. The highest BCUT2D eigenvalue weighted by Gasteiger charge is 2.10. The van der Waals surface area contributed by atoms with Crippen LogP contribution in [0.3, 0.4) is 0 Å². The second kappa shape index (κ2) is 5.91. The van der Waals surface area contributed by atoms with Crippen LogP contribution in [0.4, 0.5) is 5.69 Å². The first-order valence-corrected chi connectivity index (χ1v) is 6.86. The van der Waals surface area contributed by atoms with Crippen LogP contribution in [0.25, 0.3) is 10.1 Å². The van der Waals surface area contributed by atoms with Crippen molar-refractivity contribution in [1.29, 1.82) is 5.41 Å².